The minimum absolute atomic E-state index is 0.205. The molecule has 0 saturated heterocycles. The molecule has 0 heterocycles. The average Bonchev–Trinajstić information content (AvgIpc) is 2.49. The first-order valence-corrected chi connectivity index (χ1v) is 7.48. The van der Waals surface area contributed by atoms with Gasteiger partial charge in [0.2, 0.25) is 0 Å². The van der Waals surface area contributed by atoms with Crippen molar-refractivity contribution >= 4 is 33.2 Å². The average molecular weight is 349 g/mol. The third-order valence-electron chi connectivity index (χ3n) is 2.81. The van der Waals surface area contributed by atoms with Crippen LogP contribution in [0.2, 0.25) is 0 Å². The van der Waals surface area contributed by atoms with E-state index in [0.29, 0.717) is 29.3 Å². The molecular weight excluding hydrogens is 332 g/mol. The molecule has 110 valence electrons. The predicted octanol–water partition coefficient (Wildman–Crippen LogP) is 4.07. The molecule has 21 heavy (non-hydrogen) atoms. The Morgan fingerprint density at radius 3 is 2.86 bits per heavy atom. The number of anilines is 2. The van der Waals surface area contributed by atoms with Gasteiger partial charge in [0.25, 0.3) is 5.91 Å². The Hall–Kier alpha value is -2.01. The molecule has 4 nitrogen and oxygen atoms in total. The van der Waals surface area contributed by atoms with Crippen molar-refractivity contribution in [2.24, 2.45) is 0 Å². The Labute approximate surface area is 132 Å². The highest BCUT2D eigenvalue weighted by molar-refractivity contribution is 9.10. The second-order valence-electron chi connectivity index (χ2n) is 4.57. The maximum atomic E-state index is 12.3. The van der Waals surface area contributed by atoms with Gasteiger partial charge in [0.05, 0.1) is 12.3 Å². The molecule has 0 aliphatic carbocycles. The minimum Gasteiger partial charge on any atom is -0.494 e. The zero-order valence-electron chi connectivity index (χ0n) is 11.7. The van der Waals surface area contributed by atoms with Gasteiger partial charge in [-0.15, -0.1) is 0 Å². The third kappa shape index (κ3) is 4.23. The van der Waals surface area contributed by atoms with E-state index in [9.17, 15) is 4.79 Å². The van der Waals surface area contributed by atoms with Crippen LogP contribution < -0.4 is 15.8 Å². The summed E-state index contributed by atoms with van der Waals surface area (Å²) in [4.78, 5) is 12.3. The van der Waals surface area contributed by atoms with Crippen molar-refractivity contribution in [3.8, 4) is 5.75 Å². The number of amides is 1. The van der Waals surface area contributed by atoms with Crippen LogP contribution in [0.15, 0.2) is 46.9 Å². The van der Waals surface area contributed by atoms with Crippen molar-refractivity contribution < 1.29 is 9.53 Å². The molecule has 0 fully saturated rings. The van der Waals surface area contributed by atoms with E-state index in [4.69, 9.17) is 10.5 Å². The van der Waals surface area contributed by atoms with Crippen LogP contribution in [0.4, 0.5) is 11.4 Å². The predicted molar refractivity (Wildman–Crippen MR) is 88.7 cm³/mol. The second-order valence-corrected chi connectivity index (χ2v) is 5.42. The van der Waals surface area contributed by atoms with Crippen LogP contribution in [0, 0.1) is 0 Å². The number of ether oxygens (including phenoxy) is 1. The summed E-state index contributed by atoms with van der Waals surface area (Å²) in [6.07, 6.45) is 0.923. The maximum absolute atomic E-state index is 12.3. The fourth-order valence-corrected chi connectivity index (χ4v) is 2.13. The van der Waals surface area contributed by atoms with Crippen LogP contribution >= 0.6 is 15.9 Å². The molecule has 0 atom stereocenters. The molecule has 0 saturated carbocycles. The molecule has 2 aromatic carbocycles. The molecule has 3 N–H and O–H groups in total. The fraction of sp³-hybridized carbons (Fsp3) is 0.188. The van der Waals surface area contributed by atoms with Gasteiger partial charge in [-0.3, -0.25) is 4.79 Å². The highest BCUT2D eigenvalue weighted by Gasteiger charge is 2.09. The number of halogens is 1. The lowest BCUT2D eigenvalue weighted by Crippen LogP contribution is -2.12. The standard InChI is InChI=1S/C16H17BrN2O2/c1-2-8-21-13-5-3-4-11(9-13)16(20)19-15-10-12(18)6-7-14(15)17/h3-7,9-10H,2,8,18H2,1H3,(H,19,20). The molecule has 0 radical (unpaired) electrons. The maximum Gasteiger partial charge on any atom is 0.255 e. The number of hydrogen-bond acceptors (Lipinski definition) is 3. The number of carbonyl (C=O) groups is 1. The summed E-state index contributed by atoms with van der Waals surface area (Å²) in [7, 11) is 0. The van der Waals surface area contributed by atoms with E-state index in [1.807, 2.05) is 13.0 Å². The van der Waals surface area contributed by atoms with Gasteiger partial charge in [-0.2, -0.15) is 0 Å². The summed E-state index contributed by atoms with van der Waals surface area (Å²) in [5, 5.41) is 2.83. The van der Waals surface area contributed by atoms with Gasteiger partial charge < -0.3 is 15.8 Å². The molecule has 1 amide bonds. The topological polar surface area (TPSA) is 64.3 Å². The van der Waals surface area contributed by atoms with E-state index < -0.39 is 0 Å². The fourth-order valence-electron chi connectivity index (χ4n) is 1.78. The van der Waals surface area contributed by atoms with Crippen molar-refractivity contribution in [1.82, 2.24) is 0 Å². The van der Waals surface area contributed by atoms with Gasteiger partial charge >= 0.3 is 0 Å². The van der Waals surface area contributed by atoms with Gasteiger partial charge in [-0.25, -0.2) is 0 Å². The summed E-state index contributed by atoms with van der Waals surface area (Å²) < 4.78 is 6.31. The number of benzene rings is 2. The Balaban J connectivity index is 2.14. The van der Waals surface area contributed by atoms with E-state index in [2.05, 4.69) is 21.2 Å². The normalized spacial score (nSPS) is 10.2. The molecule has 0 aliphatic heterocycles. The van der Waals surface area contributed by atoms with Crippen molar-refractivity contribution in [1.29, 1.82) is 0 Å². The lowest BCUT2D eigenvalue weighted by Gasteiger charge is -2.10. The van der Waals surface area contributed by atoms with Crippen LogP contribution in [0.3, 0.4) is 0 Å². The Morgan fingerprint density at radius 2 is 2.10 bits per heavy atom. The number of nitrogens with two attached hydrogens (primary N) is 1. The largest absolute Gasteiger partial charge is 0.494 e. The molecular formula is C16H17BrN2O2. The Bertz CT molecular complexity index is 644. The lowest BCUT2D eigenvalue weighted by atomic mass is 10.2. The summed E-state index contributed by atoms with van der Waals surface area (Å²) >= 11 is 3.39. The smallest absolute Gasteiger partial charge is 0.255 e. The third-order valence-corrected chi connectivity index (χ3v) is 3.50. The van der Waals surface area contributed by atoms with Gasteiger partial charge in [-0.1, -0.05) is 13.0 Å². The summed E-state index contributed by atoms with van der Waals surface area (Å²) in [5.41, 5.74) is 7.50. The van der Waals surface area contributed by atoms with E-state index in [1.54, 1.807) is 36.4 Å². The molecule has 0 aliphatic rings. The first-order chi connectivity index (χ1) is 10.1. The first kappa shape index (κ1) is 15.4. The minimum atomic E-state index is -0.205. The number of nitrogens with one attached hydrogen (secondary N) is 1. The number of hydrogen-bond donors (Lipinski definition) is 2. The SMILES string of the molecule is CCCOc1cccc(C(=O)Nc2cc(N)ccc2Br)c1. The second kappa shape index (κ2) is 7.13. The summed E-state index contributed by atoms with van der Waals surface area (Å²) in [6, 6.07) is 12.4. The molecule has 2 aromatic rings. The molecule has 0 aromatic heterocycles. The highest BCUT2D eigenvalue weighted by Crippen LogP contribution is 2.25. The summed E-state index contributed by atoms with van der Waals surface area (Å²) in [5.74, 6) is 0.486. The molecule has 2 rings (SSSR count). The van der Waals surface area contributed by atoms with Gasteiger partial charge in [0.15, 0.2) is 0 Å². The van der Waals surface area contributed by atoms with E-state index >= 15 is 0 Å². The Morgan fingerprint density at radius 1 is 1.29 bits per heavy atom. The van der Waals surface area contributed by atoms with Crippen LogP contribution in [0.1, 0.15) is 23.7 Å². The molecule has 0 spiro atoms. The zero-order valence-corrected chi connectivity index (χ0v) is 13.3. The number of nitrogen functional groups attached to an aromatic ring is 1. The van der Waals surface area contributed by atoms with Crippen molar-refractivity contribution in [3.63, 3.8) is 0 Å². The number of carbonyl (C=O) groups excluding carboxylic acids is 1. The van der Waals surface area contributed by atoms with Gasteiger partial charge in [0.1, 0.15) is 5.75 Å². The quantitative estimate of drug-likeness (QED) is 0.800. The van der Waals surface area contributed by atoms with Crippen molar-refractivity contribution in [2.45, 2.75) is 13.3 Å². The van der Waals surface area contributed by atoms with Crippen LogP contribution in [-0.2, 0) is 0 Å². The molecule has 5 heteroatoms. The van der Waals surface area contributed by atoms with Gasteiger partial charge in [0, 0.05) is 15.7 Å². The number of rotatable bonds is 5. The lowest BCUT2D eigenvalue weighted by molar-refractivity contribution is 0.102. The Kier molecular flexibility index (Phi) is 5.22. The van der Waals surface area contributed by atoms with Crippen LogP contribution in [0.25, 0.3) is 0 Å². The summed E-state index contributed by atoms with van der Waals surface area (Å²) in [6.45, 7) is 2.67. The van der Waals surface area contributed by atoms with E-state index in [-0.39, 0.29) is 5.91 Å². The molecule has 0 unspecified atom stereocenters. The van der Waals surface area contributed by atoms with Gasteiger partial charge in [-0.05, 0) is 58.7 Å². The molecule has 0 bridgehead atoms. The monoisotopic (exact) mass is 348 g/mol. The van der Waals surface area contributed by atoms with E-state index in [1.165, 1.54) is 0 Å². The van der Waals surface area contributed by atoms with E-state index in [0.717, 1.165) is 10.9 Å². The van der Waals surface area contributed by atoms with Crippen molar-refractivity contribution in [3.05, 3.63) is 52.5 Å². The first-order valence-electron chi connectivity index (χ1n) is 6.69. The highest BCUT2D eigenvalue weighted by atomic mass is 79.9. The van der Waals surface area contributed by atoms with Crippen LogP contribution in [-0.4, -0.2) is 12.5 Å². The van der Waals surface area contributed by atoms with Crippen molar-refractivity contribution in [2.75, 3.05) is 17.7 Å². The van der Waals surface area contributed by atoms with Crippen LogP contribution in [0.5, 0.6) is 5.75 Å². The zero-order chi connectivity index (χ0) is 15.2.